The monoisotopic (exact) mass is 368 g/mol. The van der Waals surface area contributed by atoms with Gasteiger partial charge in [-0.25, -0.2) is 9.79 Å². The molecule has 0 aromatic heterocycles. The number of carbonyl (C=O) groups is 1. The second-order valence-corrected chi connectivity index (χ2v) is 6.26. The summed E-state index contributed by atoms with van der Waals surface area (Å²) in [5.74, 6) is 2.07. The van der Waals surface area contributed by atoms with Crippen molar-refractivity contribution >= 4 is 23.4 Å². The van der Waals surface area contributed by atoms with Gasteiger partial charge in [0.2, 0.25) is 5.90 Å². The van der Waals surface area contributed by atoms with Gasteiger partial charge in [-0.2, -0.15) is 0 Å². The Balaban J connectivity index is 1.66. The molecule has 0 unspecified atom stereocenters. The minimum absolute atomic E-state index is 0.300. The summed E-state index contributed by atoms with van der Waals surface area (Å²) in [6, 6.07) is 12.8. The second-order valence-electron chi connectivity index (χ2n) is 6.26. The predicted octanol–water partition coefficient (Wildman–Crippen LogP) is 4.10. The van der Waals surface area contributed by atoms with Crippen LogP contribution in [-0.4, -0.2) is 38.4 Å². The van der Waals surface area contributed by atoms with Crippen LogP contribution in [0.1, 0.15) is 12.5 Å². The van der Waals surface area contributed by atoms with Gasteiger partial charge in [0.25, 0.3) is 0 Å². The molecule has 0 spiro atoms. The smallest absolute Gasteiger partial charge is 0.411 e. The van der Waals surface area contributed by atoms with Crippen molar-refractivity contribution in [2.75, 3.05) is 31.7 Å². The number of hydrogen-bond acceptors (Lipinski definition) is 6. The SMILES string of the molecule is CCOC(=O)Nc1ccc2c(c1)C(OCC1COC1)=Nc1ccccc1O2. The molecule has 2 heterocycles. The Kier molecular flexibility index (Phi) is 4.93. The summed E-state index contributed by atoms with van der Waals surface area (Å²) in [5, 5.41) is 2.70. The number of hydrogen-bond donors (Lipinski definition) is 1. The maximum atomic E-state index is 11.7. The van der Waals surface area contributed by atoms with Crippen molar-refractivity contribution in [1.29, 1.82) is 0 Å². The Labute approximate surface area is 156 Å². The number of ether oxygens (including phenoxy) is 4. The average Bonchev–Trinajstić information content (AvgIpc) is 2.77. The van der Waals surface area contributed by atoms with Gasteiger partial charge in [0.15, 0.2) is 5.75 Å². The lowest BCUT2D eigenvalue weighted by atomic mass is 10.1. The molecule has 7 nitrogen and oxygen atoms in total. The maximum Gasteiger partial charge on any atom is 0.411 e. The van der Waals surface area contributed by atoms with Gasteiger partial charge in [-0.05, 0) is 37.3 Å². The van der Waals surface area contributed by atoms with Crippen LogP contribution < -0.4 is 10.1 Å². The second kappa shape index (κ2) is 7.67. The zero-order valence-corrected chi connectivity index (χ0v) is 14.9. The fourth-order valence-electron chi connectivity index (χ4n) is 2.76. The van der Waals surface area contributed by atoms with Gasteiger partial charge in [-0.3, -0.25) is 5.32 Å². The molecule has 0 radical (unpaired) electrons. The van der Waals surface area contributed by atoms with E-state index in [1.807, 2.05) is 24.3 Å². The van der Waals surface area contributed by atoms with Gasteiger partial charge in [0, 0.05) is 11.6 Å². The van der Waals surface area contributed by atoms with Gasteiger partial charge in [0.1, 0.15) is 11.4 Å². The molecule has 2 aromatic rings. The number of fused-ring (bicyclic) bond motifs is 2. The molecular weight excluding hydrogens is 348 g/mol. The van der Waals surface area contributed by atoms with E-state index in [0.29, 0.717) is 66.7 Å². The number of aliphatic imine (C=N–C) groups is 1. The maximum absolute atomic E-state index is 11.7. The summed E-state index contributed by atoms with van der Waals surface area (Å²) < 4.78 is 22.2. The number of amides is 1. The molecule has 0 aliphatic carbocycles. The average molecular weight is 368 g/mol. The number of benzene rings is 2. The van der Waals surface area contributed by atoms with Crippen LogP contribution in [-0.2, 0) is 14.2 Å². The number of nitrogens with zero attached hydrogens (tertiary/aromatic N) is 1. The van der Waals surface area contributed by atoms with E-state index in [0.717, 1.165) is 0 Å². The Morgan fingerprint density at radius 3 is 2.85 bits per heavy atom. The predicted molar refractivity (Wildman–Crippen MR) is 100 cm³/mol. The van der Waals surface area contributed by atoms with Crippen molar-refractivity contribution in [2.45, 2.75) is 6.92 Å². The molecule has 2 aliphatic heterocycles. The summed E-state index contributed by atoms with van der Waals surface area (Å²) in [7, 11) is 0. The van der Waals surface area contributed by atoms with Crippen LogP contribution in [0.5, 0.6) is 11.5 Å². The molecule has 0 saturated carbocycles. The van der Waals surface area contributed by atoms with Crippen molar-refractivity contribution in [2.24, 2.45) is 10.9 Å². The van der Waals surface area contributed by atoms with E-state index < -0.39 is 6.09 Å². The Hall–Kier alpha value is -3.06. The van der Waals surface area contributed by atoms with Crippen molar-refractivity contribution in [1.82, 2.24) is 0 Å². The number of para-hydroxylation sites is 2. The topological polar surface area (TPSA) is 78.4 Å². The highest BCUT2D eigenvalue weighted by Crippen LogP contribution is 2.38. The molecule has 1 saturated heterocycles. The van der Waals surface area contributed by atoms with Crippen LogP contribution in [0.3, 0.4) is 0 Å². The highest BCUT2D eigenvalue weighted by atomic mass is 16.5. The molecule has 2 aromatic carbocycles. The minimum Gasteiger partial charge on any atom is -0.477 e. The lowest BCUT2D eigenvalue weighted by Crippen LogP contribution is -2.32. The van der Waals surface area contributed by atoms with Gasteiger partial charge >= 0.3 is 6.09 Å². The van der Waals surface area contributed by atoms with Crippen LogP contribution in [0.4, 0.5) is 16.2 Å². The lowest BCUT2D eigenvalue weighted by Gasteiger charge is -2.26. The first kappa shape index (κ1) is 17.4. The fraction of sp³-hybridized carbons (Fsp3) is 0.300. The van der Waals surface area contributed by atoms with Gasteiger partial charge in [-0.1, -0.05) is 12.1 Å². The summed E-state index contributed by atoms with van der Waals surface area (Å²) in [4.78, 5) is 16.4. The highest BCUT2D eigenvalue weighted by molar-refractivity contribution is 6.01. The molecule has 27 heavy (non-hydrogen) atoms. The van der Waals surface area contributed by atoms with E-state index in [9.17, 15) is 4.79 Å². The third kappa shape index (κ3) is 3.88. The third-order valence-corrected chi connectivity index (χ3v) is 4.20. The molecule has 0 atom stereocenters. The Bertz CT molecular complexity index is 876. The van der Waals surface area contributed by atoms with Crippen molar-refractivity contribution in [3.05, 3.63) is 48.0 Å². The Morgan fingerprint density at radius 2 is 2.07 bits per heavy atom. The molecule has 1 amide bonds. The molecule has 1 N–H and O–H groups in total. The number of nitrogens with one attached hydrogen (secondary N) is 1. The minimum atomic E-state index is -0.513. The number of rotatable bonds is 4. The molecule has 7 heteroatoms. The van der Waals surface area contributed by atoms with Gasteiger partial charge < -0.3 is 18.9 Å². The van der Waals surface area contributed by atoms with Crippen LogP contribution in [0.2, 0.25) is 0 Å². The first-order valence-electron chi connectivity index (χ1n) is 8.87. The van der Waals surface area contributed by atoms with Crippen LogP contribution >= 0.6 is 0 Å². The van der Waals surface area contributed by atoms with E-state index in [2.05, 4.69) is 10.3 Å². The van der Waals surface area contributed by atoms with E-state index in [1.54, 1.807) is 25.1 Å². The molecule has 0 bridgehead atoms. The first-order valence-corrected chi connectivity index (χ1v) is 8.87. The normalized spacial score (nSPS) is 15.2. The molecule has 140 valence electrons. The van der Waals surface area contributed by atoms with E-state index in [1.165, 1.54) is 0 Å². The standard InChI is InChI=1S/C20H20N2O5/c1-2-25-20(23)21-14-7-8-17-15(9-14)19(26-12-13-10-24-11-13)22-16-5-3-4-6-18(16)27-17/h3-9,13H,2,10-12H2,1H3,(H,21,23). The van der Waals surface area contributed by atoms with Crippen molar-refractivity contribution in [3.63, 3.8) is 0 Å². The summed E-state index contributed by atoms with van der Waals surface area (Å²) in [6.07, 6.45) is -0.513. The summed E-state index contributed by atoms with van der Waals surface area (Å²) in [6.45, 7) is 3.95. The fourth-order valence-corrected chi connectivity index (χ4v) is 2.76. The van der Waals surface area contributed by atoms with Crippen LogP contribution in [0.25, 0.3) is 0 Å². The zero-order valence-electron chi connectivity index (χ0n) is 14.9. The summed E-state index contributed by atoms with van der Waals surface area (Å²) in [5.41, 5.74) is 1.93. The molecule has 4 rings (SSSR count). The zero-order chi connectivity index (χ0) is 18.6. The summed E-state index contributed by atoms with van der Waals surface area (Å²) >= 11 is 0. The van der Waals surface area contributed by atoms with E-state index in [-0.39, 0.29) is 0 Å². The quantitative estimate of drug-likeness (QED) is 0.879. The molecular formula is C20H20N2O5. The van der Waals surface area contributed by atoms with E-state index in [4.69, 9.17) is 18.9 Å². The largest absolute Gasteiger partial charge is 0.477 e. The van der Waals surface area contributed by atoms with Gasteiger partial charge in [0.05, 0.1) is 32.0 Å². The Morgan fingerprint density at radius 1 is 1.22 bits per heavy atom. The van der Waals surface area contributed by atoms with Crippen LogP contribution in [0, 0.1) is 5.92 Å². The number of carbonyl (C=O) groups excluding carboxylic acids is 1. The number of anilines is 1. The first-order chi connectivity index (χ1) is 13.2. The molecule has 1 fully saturated rings. The van der Waals surface area contributed by atoms with Crippen LogP contribution in [0.15, 0.2) is 47.5 Å². The van der Waals surface area contributed by atoms with E-state index >= 15 is 0 Å². The lowest BCUT2D eigenvalue weighted by molar-refractivity contribution is -0.0527. The van der Waals surface area contributed by atoms with Gasteiger partial charge in [-0.15, -0.1) is 0 Å². The molecule has 2 aliphatic rings. The third-order valence-electron chi connectivity index (χ3n) is 4.20. The highest BCUT2D eigenvalue weighted by Gasteiger charge is 2.24. The van der Waals surface area contributed by atoms with Crippen molar-refractivity contribution < 1.29 is 23.7 Å². The van der Waals surface area contributed by atoms with Crippen molar-refractivity contribution in [3.8, 4) is 11.5 Å².